The zero-order chi connectivity index (χ0) is 13.7. The van der Waals surface area contributed by atoms with Gasteiger partial charge in [-0.2, -0.15) is 0 Å². The van der Waals surface area contributed by atoms with Crippen molar-refractivity contribution in [2.24, 2.45) is 0 Å². The summed E-state index contributed by atoms with van der Waals surface area (Å²) in [7, 11) is 0. The van der Waals surface area contributed by atoms with Gasteiger partial charge in [-0.3, -0.25) is 9.69 Å². The van der Waals surface area contributed by atoms with Crippen molar-refractivity contribution in [3.63, 3.8) is 0 Å². The molecule has 1 aliphatic carbocycles. The van der Waals surface area contributed by atoms with E-state index in [1.54, 1.807) is 0 Å². The minimum absolute atomic E-state index is 0.138. The second-order valence-electron chi connectivity index (χ2n) is 5.26. The standard InChI is InChI=1S/C16H24N2O/c1-3-13-5-7-14(8-6-13)11-18(15-9-10-15)12-16(19)17-4-2/h5-8,15H,3-4,9-12H2,1-2H3,(H,17,19). The van der Waals surface area contributed by atoms with E-state index in [-0.39, 0.29) is 5.91 Å². The molecule has 1 N–H and O–H groups in total. The van der Waals surface area contributed by atoms with Crippen LogP contribution in [0.1, 0.15) is 37.8 Å². The van der Waals surface area contributed by atoms with E-state index in [0.29, 0.717) is 19.1 Å². The van der Waals surface area contributed by atoms with Crippen molar-refractivity contribution in [2.45, 2.75) is 45.7 Å². The number of hydrogen-bond acceptors (Lipinski definition) is 2. The molecule has 0 aromatic heterocycles. The molecular formula is C16H24N2O. The molecule has 1 fully saturated rings. The number of rotatable bonds is 7. The van der Waals surface area contributed by atoms with Crippen LogP contribution in [0.4, 0.5) is 0 Å². The second kappa shape index (κ2) is 6.71. The van der Waals surface area contributed by atoms with Crippen LogP contribution in [-0.4, -0.2) is 29.9 Å². The predicted molar refractivity (Wildman–Crippen MR) is 77.9 cm³/mol. The first kappa shape index (κ1) is 14.1. The van der Waals surface area contributed by atoms with E-state index in [4.69, 9.17) is 0 Å². The number of likely N-dealkylation sites (N-methyl/N-ethyl adjacent to an activating group) is 1. The van der Waals surface area contributed by atoms with Gasteiger partial charge < -0.3 is 5.32 Å². The maximum atomic E-state index is 11.7. The molecule has 1 amide bonds. The van der Waals surface area contributed by atoms with E-state index in [9.17, 15) is 4.79 Å². The summed E-state index contributed by atoms with van der Waals surface area (Å²) in [5, 5.41) is 2.88. The van der Waals surface area contributed by atoms with Gasteiger partial charge in [-0.1, -0.05) is 31.2 Å². The SMILES string of the molecule is CCNC(=O)CN(Cc1ccc(CC)cc1)C1CC1. The van der Waals surface area contributed by atoms with Gasteiger partial charge in [-0.15, -0.1) is 0 Å². The molecule has 104 valence electrons. The highest BCUT2D eigenvalue weighted by molar-refractivity contribution is 5.78. The highest BCUT2D eigenvalue weighted by atomic mass is 16.2. The number of amides is 1. The number of nitrogens with zero attached hydrogens (tertiary/aromatic N) is 1. The van der Waals surface area contributed by atoms with Gasteiger partial charge in [-0.05, 0) is 37.3 Å². The molecule has 1 saturated carbocycles. The first-order valence-electron chi connectivity index (χ1n) is 7.31. The van der Waals surface area contributed by atoms with Crippen molar-refractivity contribution in [3.05, 3.63) is 35.4 Å². The first-order valence-corrected chi connectivity index (χ1v) is 7.31. The molecule has 0 atom stereocenters. The molecule has 19 heavy (non-hydrogen) atoms. The highest BCUT2D eigenvalue weighted by Crippen LogP contribution is 2.28. The second-order valence-corrected chi connectivity index (χ2v) is 5.26. The van der Waals surface area contributed by atoms with Crippen LogP contribution in [0.15, 0.2) is 24.3 Å². The molecule has 1 aromatic rings. The fourth-order valence-electron chi connectivity index (χ4n) is 2.31. The summed E-state index contributed by atoms with van der Waals surface area (Å²) in [6.45, 7) is 6.24. The number of carbonyl (C=O) groups excluding carboxylic acids is 1. The van der Waals surface area contributed by atoms with Gasteiger partial charge in [0.05, 0.1) is 6.54 Å². The fraction of sp³-hybridized carbons (Fsp3) is 0.562. The topological polar surface area (TPSA) is 32.3 Å². The van der Waals surface area contributed by atoms with Gasteiger partial charge in [0.15, 0.2) is 0 Å². The Hall–Kier alpha value is -1.35. The predicted octanol–water partition coefficient (Wildman–Crippen LogP) is 2.35. The minimum atomic E-state index is 0.138. The molecule has 1 aromatic carbocycles. The van der Waals surface area contributed by atoms with Gasteiger partial charge in [0.1, 0.15) is 0 Å². The van der Waals surface area contributed by atoms with E-state index in [1.165, 1.54) is 24.0 Å². The van der Waals surface area contributed by atoms with Crippen molar-refractivity contribution < 1.29 is 4.79 Å². The van der Waals surface area contributed by atoms with Crippen LogP contribution in [0.5, 0.6) is 0 Å². The van der Waals surface area contributed by atoms with Crippen molar-refractivity contribution >= 4 is 5.91 Å². The monoisotopic (exact) mass is 260 g/mol. The molecule has 0 bridgehead atoms. The molecular weight excluding hydrogens is 236 g/mol. The molecule has 1 aliphatic rings. The first-order chi connectivity index (χ1) is 9.22. The minimum Gasteiger partial charge on any atom is -0.355 e. The summed E-state index contributed by atoms with van der Waals surface area (Å²) >= 11 is 0. The van der Waals surface area contributed by atoms with E-state index >= 15 is 0 Å². The van der Waals surface area contributed by atoms with Crippen LogP contribution in [0.25, 0.3) is 0 Å². The Bertz CT molecular complexity index is 409. The Morgan fingerprint density at radius 2 is 1.84 bits per heavy atom. The summed E-state index contributed by atoms with van der Waals surface area (Å²) in [5.41, 5.74) is 2.67. The third-order valence-corrected chi connectivity index (χ3v) is 3.60. The summed E-state index contributed by atoms with van der Waals surface area (Å²) < 4.78 is 0. The van der Waals surface area contributed by atoms with Crippen LogP contribution >= 0.6 is 0 Å². The molecule has 0 radical (unpaired) electrons. The third kappa shape index (κ3) is 4.35. The van der Waals surface area contributed by atoms with Crippen LogP contribution < -0.4 is 5.32 Å². The van der Waals surface area contributed by atoms with Gasteiger partial charge >= 0.3 is 0 Å². The highest BCUT2D eigenvalue weighted by Gasteiger charge is 2.30. The molecule has 0 spiro atoms. The lowest BCUT2D eigenvalue weighted by Crippen LogP contribution is -2.38. The number of aryl methyl sites for hydroxylation is 1. The number of carbonyl (C=O) groups is 1. The van der Waals surface area contributed by atoms with Gasteiger partial charge in [0.25, 0.3) is 0 Å². The maximum absolute atomic E-state index is 11.7. The Balaban J connectivity index is 1.93. The van der Waals surface area contributed by atoms with Crippen molar-refractivity contribution in [2.75, 3.05) is 13.1 Å². The van der Waals surface area contributed by atoms with E-state index in [2.05, 4.69) is 41.4 Å². The quantitative estimate of drug-likeness (QED) is 0.816. The lowest BCUT2D eigenvalue weighted by Gasteiger charge is -2.21. The molecule has 3 nitrogen and oxygen atoms in total. The van der Waals surface area contributed by atoms with Crippen LogP contribution in [0, 0.1) is 0 Å². The Morgan fingerprint density at radius 1 is 1.21 bits per heavy atom. The zero-order valence-corrected chi connectivity index (χ0v) is 12.0. The number of benzene rings is 1. The Morgan fingerprint density at radius 3 is 2.37 bits per heavy atom. The van der Waals surface area contributed by atoms with Crippen LogP contribution in [0.3, 0.4) is 0 Å². The molecule has 0 unspecified atom stereocenters. The maximum Gasteiger partial charge on any atom is 0.234 e. The Labute approximate surface area is 116 Å². The average Bonchev–Trinajstić information content (AvgIpc) is 3.23. The summed E-state index contributed by atoms with van der Waals surface area (Å²) in [6.07, 6.45) is 3.53. The van der Waals surface area contributed by atoms with Crippen molar-refractivity contribution in [3.8, 4) is 0 Å². The Kier molecular flexibility index (Phi) is 4.97. The van der Waals surface area contributed by atoms with Gasteiger partial charge in [0, 0.05) is 19.1 Å². The van der Waals surface area contributed by atoms with E-state index in [0.717, 1.165) is 13.0 Å². The van der Waals surface area contributed by atoms with Gasteiger partial charge in [0.2, 0.25) is 5.91 Å². The summed E-state index contributed by atoms with van der Waals surface area (Å²) in [5.74, 6) is 0.138. The normalized spacial score (nSPS) is 14.7. The lowest BCUT2D eigenvalue weighted by molar-refractivity contribution is -0.122. The fourth-order valence-corrected chi connectivity index (χ4v) is 2.31. The molecule has 0 heterocycles. The largest absolute Gasteiger partial charge is 0.355 e. The number of nitrogens with one attached hydrogen (secondary N) is 1. The summed E-state index contributed by atoms with van der Waals surface area (Å²) in [6, 6.07) is 9.35. The molecule has 0 aliphatic heterocycles. The van der Waals surface area contributed by atoms with Crippen LogP contribution in [0.2, 0.25) is 0 Å². The number of hydrogen-bond donors (Lipinski definition) is 1. The average molecular weight is 260 g/mol. The molecule has 3 heteroatoms. The smallest absolute Gasteiger partial charge is 0.234 e. The van der Waals surface area contributed by atoms with Crippen molar-refractivity contribution in [1.29, 1.82) is 0 Å². The van der Waals surface area contributed by atoms with E-state index in [1.807, 2.05) is 6.92 Å². The van der Waals surface area contributed by atoms with Crippen molar-refractivity contribution in [1.82, 2.24) is 10.2 Å². The third-order valence-electron chi connectivity index (χ3n) is 3.60. The van der Waals surface area contributed by atoms with E-state index < -0.39 is 0 Å². The lowest BCUT2D eigenvalue weighted by atomic mass is 10.1. The molecule has 2 rings (SSSR count). The molecule has 0 saturated heterocycles. The van der Waals surface area contributed by atoms with Gasteiger partial charge in [-0.25, -0.2) is 0 Å². The summed E-state index contributed by atoms with van der Waals surface area (Å²) in [4.78, 5) is 14.0. The van der Waals surface area contributed by atoms with Crippen LogP contribution in [-0.2, 0) is 17.8 Å². The zero-order valence-electron chi connectivity index (χ0n) is 12.0.